The third-order valence-corrected chi connectivity index (χ3v) is 2.29. The molecule has 0 heterocycles. The van der Waals surface area contributed by atoms with Gasteiger partial charge in [-0.25, -0.2) is 4.79 Å². The van der Waals surface area contributed by atoms with E-state index in [0.717, 1.165) is 5.56 Å². The standard InChI is InChI=1S/C12H16O4/c1-4-16-12(14)11(13)10-8(2)6-5-7-9(10)15-3/h5-7,11,13H,4H2,1-3H3. The normalized spacial score (nSPS) is 12.0. The van der Waals surface area contributed by atoms with Crippen LogP contribution in [-0.4, -0.2) is 24.8 Å². The van der Waals surface area contributed by atoms with Gasteiger partial charge in [-0.2, -0.15) is 0 Å². The van der Waals surface area contributed by atoms with Crippen LogP contribution in [0.4, 0.5) is 0 Å². The minimum atomic E-state index is -1.30. The van der Waals surface area contributed by atoms with E-state index in [1.165, 1.54) is 7.11 Å². The molecule has 0 radical (unpaired) electrons. The van der Waals surface area contributed by atoms with Crippen LogP contribution in [-0.2, 0) is 9.53 Å². The fraction of sp³-hybridized carbons (Fsp3) is 0.417. The van der Waals surface area contributed by atoms with E-state index < -0.39 is 12.1 Å². The molecule has 4 heteroatoms. The number of benzene rings is 1. The summed E-state index contributed by atoms with van der Waals surface area (Å²) < 4.78 is 9.88. The predicted molar refractivity (Wildman–Crippen MR) is 59.3 cm³/mol. The summed E-state index contributed by atoms with van der Waals surface area (Å²) in [5.41, 5.74) is 1.25. The van der Waals surface area contributed by atoms with E-state index in [9.17, 15) is 9.90 Å². The summed E-state index contributed by atoms with van der Waals surface area (Å²) in [7, 11) is 1.50. The number of methoxy groups -OCH3 is 1. The first kappa shape index (κ1) is 12.5. The van der Waals surface area contributed by atoms with Gasteiger partial charge >= 0.3 is 5.97 Å². The highest BCUT2D eigenvalue weighted by molar-refractivity contribution is 5.77. The summed E-state index contributed by atoms with van der Waals surface area (Å²) >= 11 is 0. The summed E-state index contributed by atoms with van der Waals surface area (Å²) in [6.07, 6.45) is -1.30. The van der Waals surface area contributed by atoms with Crippen molar-refractivity contribution in [3.63, 3.8) is 0 Å². The van der Waals surface area contributed by atoms with Gasteiger partial charge in [-0.3, -0.25) is 0 Å². The molecule has 1 aromatic rings. The van der Waals surface area contributed by atoms with Gasteiger partial charge in [-0.05, 0) is 25.5 Å². The molecule has 0 saturated carbocycles. The maximum atomic E-state index is 11.4. The Balaban J connectivity index is 3.06. The van der Waals surface area contributed by atoms with Crippen LogP contribution < -0.4 is 4.74 Å². The van der Waals surface area contributed by atoms with Crippen molar-refractivity contribution in [1.29, 1.82) is 0 Å². The number of aliphatic hydroxyl groups excluding tert-OH is 1. The van der Waals surface area contributed by atoms with Crippen LogP contribution >= 0.6 is 0 Å². The molecule has 0 saturated heterocycles. The minimum absolute atomic E-state index is 0.240. The lowest BCUT2D eigenvalue weighted by Gasteiger charge is -2.15. The summed E-state index contributed by atoms with van der Waals surface area (Å²) in [6, 6.07) is 5.31. The molecular formula is C12H16O4. The van der Waals surface area contributed by atoms with E-state index >= 15 is 0 Å². The molecule has 1 atom stereocenters. The van der Waals surface area contributed by atoms with Crippen molar-refractivity contribution in [2.45, 2.75) is 20.0 Å². The average Bonchev–Trinajstić information content (AvgIpc) is 2.28. The molecule has 1 N–H and O–H groups in total. The first-order chi connectivity index (χ1) is 7.61. The van der Waals surface area contributed by atoms with E-state index in [0.29, 0.717) is 11.3 Å². The molecule has 0 spiro atoms. The van der Waals surface area contributed by atoms with Gasteiger partial charge in [0.25, 0.3) is 0 Å². The zero-order chi connectivity index (χ0) is 12.1. The smallest absolute Gasteiger partial charge is 0.339 e. The SMILES string of the molecule is CCOC(=O)C(O)c1c(C)cccc1OC. The molecule has 0 aromatic heterocycles. The largest absolute Gasteiger partial charge is 0.496 e. The van der Waals surface area contributed by atoms with Crippen molar-refractivity contribution in [3.8, 4) is 5.75 Å². The molecule has 0 bridgehead atoms. The van der Waals surface area contributed by atoms with E-state index in [1.807, 2.05) is 0 Å². The molecule has 16 heavy (non-hydrogen) atoms. The van der Waals surface area contributed by atoms with Crippen molar-refractivity contribution < 1.29 is 19.4 Å². The van der Waals surface area contributed by atoms with E-state index in [-0.39, 0.29) is 6.61 Å². The lowest BCUT2D eigenvalue weighted by molar-refractivity contribution is -0.153. The first-order valence-electron chi connectivity index (χ1n) is 5.10. The number of hydrogen-bond donors (Lipinski definition) is 1. The van der Waals surface area contributed by atoms with Gasteiger partial charge in [0.1, 0.15) is 5.75 Å². The quantitative estimate of drug-likeness (QED) is 0.789. The predicted octanol–water partition coefficient (Wildman–Crippen LogP) is 1.60. The Morgan fingerprint density at radius 1 is 1.50 bits per heavy atom. The third-order valence-electron chi connectivity index (χ3n) is 2.29. The molecule has 4 nitrogen and oxygen atoms in total. The number of rotatable bonds is 4. The van der Waals surface area contributed by atoms with Crippen LogP contribution in [0.2, 0.25) is 0 Å². The lowest BCUT2D eigenvalue weighted by atomic mass is 10.0. The van der Waals surface area contributed by atoms with Gasteiger partial charge < -0.3 is 14.6 Å². The number of hydrogen-bond acceptors (Lipinski definition) is 4. The van der Waals surface area contributed by atoms with Gasteiger partial charge in [0, 0.05) is 5.56 Å². The summed E-state index contributed by atoms with van der Waals surface area (Å²) in [4.78, 5) is 11.4. The van der Waals surface area contributed by atoms with Gasteiger partial charge in [0.15, 0.2) is 6.10 Å². The number of ether oxygens (including phenoxy) is 2. The lowest BCUT2D eigenvalue weighted by Crippen LogP contribution is -2.17. The summed E-state index contributed by atoms with van der Waals surface area (Å²) in [6.45, 7) is 3.74. The van der Waals surface area contributed by atoms with Gasteiger partial charge in [0.2, 0.25) is 0 Å². The van der Waals surface area contributed by atoms with E-state index in [2.05, 4.69) is 0 Å². The van der Waals surface area contributed by atoms with Crippen molar-refractivity contribution >= 4 is 5.97 Å². The zero-order valence-corrected chi connectivity index (χ0v) is 9.69. The molecule has 88 valence electrons. The Morgan fingerprint density at radius 3 is 2.75 bits per heavy atom. The second-order valence-corrected chi connectivity index (χ2v) is 3.35. The Morgan fingerprint density at radius 2 is 2.19 bits per heavy atom. The van der Waals surface area contributed by atoms with E-state index in [1.54, 1.807) is 32.0 Å². The third kappa shape index (κ3) is 2.52. The maximum Gasteiger partial charge on any atom is 0.339 e. The van der Waals surface area contributed by atoms with Crippen molar-refractivity contribution in [3.05, 3.63) is 29.3 Å². The van der Waals surface area contributed by atoms with Crippen LogP contribution in [0.1, 0.15) is 24.2 Å². The van der Waals surface area contributed by atoms with Gasteiger partial charge in [-0.1, -0.05) is 12.1 Å². The van der Waals surface area contributed by atoms with Crippen molar-refractivity contribution in [1.82, 2.24) is 0 Å². The van der Waals surface area contributed by atoms with Crippen LogP contribution in [0.15, 0.2) is 18.2 Å². The summed E-state index contributed by atoms with van der Waals surface area (Å²) in [5.74, 6) is -0.171. The van der Waals surface area contributed by atoms with Crippen molar-refractivity contribution in [2.24, 2.45) is 0 Å². The monoisotopic (exact) mass is 224 g/mol. The molecule has 1 aromatic carbocycles. The number of aryl methyl sites for hydroxylation is 1. The average molecular weight is 224 g/mol. The highest BCUT2D eigenvalue weighted by atomic mass is 16.5. The number of carbonyl (C=O) groups is 1. The van der Waals surface area contributed by atoms with Gasteiger partial charge in [0.05, 0.1) is 13.7 Å². The van der Waals surface area contributed by atoms with Crippen LogP contribution in [0.3, 0.4) is 0 Å². The van der Waals surface area contributed by atoms with Crippen molar-refractivity contribution in [2.75, 3.05) is 13.7 Å². The topological polar surface area (TPSA) is 55.8 Å². The molecule has 0 aliphatic rings. The highest BCUT2D eigenvalue weighted by Crippen LogP contribution is 2.28. The molecular weight excluding hydrogens is 208 g/mol. The number of carbonyl (C=O) groups excluding carboxylic acids is 1. The fourth-order valence-corrected chi connectivity index (χ4v) is 1.52. The van der Waals surface area contributed by atoms with Crippen LogP contribution in [0.5, 0.6) is 5.75 Å². The molecule has 0 aliphatic carbocycles. The van der Waals surface area contributed by atoms with Gasteiger partial charge in [-0.15, -0.1) is 0 Å². The second kappa shape index (κ2) is 5.51. The Kier molecular flexibility index (Phi) is 4.31. The molecule has 1 unspecified atom stereocenters. The fourth-order valence-electron chi connectivity index (χ4n) is 1.52. The first-order valence-corrected chi connectivity index (χ1v) is 5.10. The van der Waals surface area contributed by atoms with Crippen LogP contribution in [0.25, 0.3) is 0 Å². The Labute approximate surface area is 94.8 Å². The molecule has 0 aliphatic heterocycles. The Bertz CT molecular complexity index is 373. The van der Waals surface area contributed by atoms with Crippen LogP contribution in [0, 0.1) is 6.92 Å². The number of aliphatic hydroxyl groups is 1. The van der Waals surface area contributed by atoms with E-state index in [4.69, 9.17) is 9.47 Å². The zero-order valence-electron chi connectivity index (χ0n) is 9.69. The highest BCUT2D eigenvalue weighted by Gasteiger charge is 2.23. The minimum Gasteiger partial charge on any atom is -0.496 e. The molecule has 0 fully saturated rings. The number of esters is 1. The molecule has 0 amide bonds. The Hall–Kier alpha value is -1.55. The molecule has 1 rings (SSSR count). The second-order valence-electron chi connectivity index (χ2n) is 3.35. The maximum absolute atomic E-state index is 11.4. The summed E-state index contributed by atoms with van der Waals surface area (Å²) in [5, 5.41) is 9.86.